The van der Waals surface area contributed by atoms with Crippen LogP contribution >= 0.6 is 0 Å². The molecular formula is C23H18N2O3. The Balaban J connectivity index is 1.60. The number of pyridine rings is 1. The van der Waals surface area contributed by atoms with Crippen LogP contribution in [0.3, 0.4) is 0 Å². The van der Waals surface area contributed by atoms with Crippen LogP contribution in [0.5, 0.6) is 0 Å². The Labute approximate surface area is 163 Å². The molecule has 0 unspecified atom stereocenters. The van der Waals surface area contributed by atoms with Crippen molar-refractivity contribution in [2.75, 3.05) is 0 Å². The average Bonchev–Trinajstić information content (AvgIpc) is 2.73. The number of carboxylic acids is 1. The summed E-state index contributed by atoms with van der Waals surface area (Å²) in [7, 11) is 0. The molecule has 138 valence electrons. The summed E-state index contributed by atoms with van der Waals surface area (Å²) in [5.74, 6) is 4.88. The van der Waals surface area contributed by atoms with E-state index in [1.54, 1.807) is 24.4 Å². The summed E-state index contributed by atoms with van der Waals surface area (Å²) >= 11 is 0. The third-order valence-electron chi connectivity index (χ3n) is 4.02. The van der Waals surface area contributed by atoms with Crippen LogP contribution in [0.15, 0.2) is 73.1 Å². The fraction of sp³-hybridized carbons (Fsp3) is 0.0870. The molecule has 0 spiro atoms. The molecule has 0 radical (unpaired) electrons. The summed E-state index contributed by atoms with van der Waals surface area (Å²) in [4.78, 5) is 27.3. The minimum atomic E-state index is -0.980. The van der Waals surface area contributed by atoms with E-state index in [1.807, 2.05) is 30.3 Å². The van der Waals surface area contributed by atoms with Crippen LogP contribution in [0.2, 0.25) is 0 Å². The maximum Gasteiger partial charge on any atom is 0.335 e. The van der Waals surface area contributed by atoms with E-state index in [1.165, 1.54) is 18.3 Å². The van der Waals surface area contributed by atoms with Crippen molar-refractivity contribution in [3.63, 3.8) is 0 Å². The Morgan fingerprint density at radius 2 is 1.68 bits per heavy atom. The predicted octanol–water partition coefficient (Wildman–Crippen LogP) is 3.30. The van der Waals surface area contributed by atoms with E-state index in [0.717, 1.165) is 11.1 Å². The molecule has 0 saturated carbocycles. The van der Waals surface area contributed by atoms with Crippen LogP contribution in [-0.2, 0) is 13.0 Å². The molecule has 0 bridgehead atoms. The van der Waals surface area contributed by atoms with Crippen molar-refractivity contribution in [2.45, 2.75) is 13.0 Å². The van der Waals surface area contributed by atoms with Gasteiger partial charge in [-0.1, -0.05) is 54.3 Å². The number of amides is 1. The molecule has 0 aliphatic heterocycles. The van der Waals surface area contributed by atoms with Gasteiger partial charge >= 0.3 is 5.97 Å². The molecule has 28 heavy (non-hydrogen) atoms. The highest BCUT2D eigenvalue weighted by molar-refractivity contribution is 5.94. The molecule has 3 aromatic rings. The number of hydrogen-bond donors (Lipinski definition) is 2. The second-order valence-electron chi connectivity index (χ2n) is 6.11. The molecular weight excluding hydrogens is 352 g/mol. The van der Waals surface area contributed by atoms with Gasteiger partial charge in [-0.25, -0.2) is 4.79 Å². The monoisotopic (exact) mass is 370 g/mol. The van der Waals surface area contributed by atoms with E-state index in [2.05, 4.69) is 22.1 Å². The summed E-state index contributed by atoms with van der Waals surface area (Å²) < 4.78 is 0. The maximum absolute atomic E-state index is 12.3. The molecule has 1 heterocycles. The van der Waals surface area contributed by atoms with E-state index in [4.69, 9.17) is 5.11 Å². The first-order valence-electron chi connectivity index (χ1n) is 8.70. The minimum absolute atomic E-state index is 0.209. The minimum Gasteiger partial charge on any atom is -0.478 e. The van der Waals surface area contributed by atoms with E-state index < -0.39 is 5.97 Å². The van der Waals surface area contributed by atoms with Crippen molar-refractivity contribution in [3.05, 3.63) is 101 Å². The number of carbonyl (C=O) groups is 2. The normalized spacial score (nSPS) is 9.86. The van der Waals surface area contributed by atoms with Crippen molar-refractivity contribution < 1.29 is 14.7 Å². The third kappa shape index (κ3) is 5.29. The number of aromatic carboxylic acids is 1. The van der Waals surface area contributed by atoms with Crippen LogP contribution < -0.4 is 5.32 Å². The van der Waals surface area contributed by atoms with E-state index in [9.17, 15) is 9.59 Å². The molecule has 1 aromatic heterocycles. The Morgan fingerprint density at radius 1 is 0.929 bits per heavy atom. The number of rotatable bonds is 5. The smallest absolute Gasteiger partial charge is 0.335 e. The van der Waals surface area contributed by atoms with E-state index in [-0.39, 0.29) is 11.5 Å². The predicted molar refractivity (Wildman–Crippen MR) is 106 cm³/mol. The number of carboxylic acid groups (broad SMARTS) is 1. The number of carbonyl (C=O) groups excluding carboxylic acids is 1. The van der Waals surface area contributed by atoms with Gasteiger partial charge in [0, 0.05) is 30.9 Å². The summed E-state index contributed by atoms with van der Waals surface area (Å²) in [6, 6.07) is 18.0. The number of benzene rings is 2. The van der Waals surface area contributed by atoms with Gasteiger partial charge in [-0.2, -0.15) is 0 Å². The lowest BCUT2D eigenvalue weighted by molar-refractivity contribution is 0.0696. The second kappa shape index (κ2) is 9.15. The van der Waals surface area contributed by atoms with E-state index >= 15 is 0 Å². The quantitative estimate of drug-likeness (QED) is 0.676. The van der Waals surface area contributed by atoms with Gasteiger partial charge in [0.25, 0.3) is 5.91 Å². The van der Waals surface area contributed by atoms with Gasteiger partial charge in [0.1, 0.15) is 0 Å². The summed E-state index contributed by atoms with van der Waals surface area (Å²) in [6.07, 6.45) is 3.74. The molecule has 0 aliphatic rings. The topological polar surface area (TPSA) is 79.3 Å². The number of hydrogen-bond acceptors (Lipinski definition) is 3. The van der Waals surface area contributed by atoms with Gasteiger partial charge in [0.05, 0.1) is 11.1 Å². The summed E-state index contributed by atoms with van der Waals surface area (Å²) in [5, 5.41) is 11.7. The summed E-state index contributed by atoms with van der Waals surface area (Å²) in [6.45, 7) is 0.294. The molecule has 0 aliphatic carbocycles. The highest BCUT2D eigenvalue weighted by Crippen LogP contribution is 2.06. The average molecular weight is 370 g/mol. The molecule has 0 fully saturated rings. The first-order chi connectivity index (χ1) is 13.6. The van der Waals surface area contributed by atoms with E-state index in [0.29, 0.717) is 24.1 Å². The lowest BCUT2D eigenvalue weighted by atomic mass is 10.1. The Kier molecular flexibility index (Phi) is 6.17. The zero-order valence-corrected chi connectivity index (χ0v) is 15.1. The molecule has 0 atom stereocenters. The third-order valence-corrected chi connectivity index (χ3v) is 4.02. The molecule has 3 rings (SSSR count). The van der Waals surface area contributed by atoms with Gasteiger partial charge < -0.3 is 10.4 Å². The van der Waals surface area contributed by atoms with Crippen LogP contribution in [0.4, 0.5) is 0 Å². The standard InChI is InChI=1S/C23H18N2O3/c26-22(25-15-18-9-11-20(12-10-18)23(27)28)21-13-19(14-24-16-21)8-4-7-17-5-2-1-3-6-17/h1-3,5-6,9-14,16H,7,15H2,(H,25,26)(H,27,28). The zero-order valence-electron chi connectivity index (χ0n) is 15.1. The highest BCUT2D eigenvalue weighted by Gasteiger charge is 2.07. The van der Waals surface area contributed by atoms with Gasteiger partial charge in [-0.3, -0.25) is 9.78 Å². The van der Waals surface area contributed by atoms with Crippen molar-refractivity contribution in [3.8, 4) is 11.8 Å². The first-order valence-corrected chi connectivity index (χ1v) is 8.70. The fourth-order valence-electron chi connectivity index (χ4n) is 2.53. The van der Waals surface area contributed by atoms with Crippen LogP contribution in [-0.4, -0.2) is 22.0 Å². The number of nitrogens with zero attached hydrogens (tertiary/aromatic N) is 1. The van der Waals surface area contributed by atoms with Gasteiger partial charge in [0.2, 0.25) is 0 Å². The Morgan fingerprint density at radius 3 is 2.39 bits per heavy atom. The van der Waals surface area contributed by atoms with Crippen LogP contribution in [0, 0.1) is 11.8 Å². The SMILES string of the molecule is O=C(O)c1ccc(CNC(=O)c2cncc(C#CCc3ccccc3)c2)cc1. The highest BCUT2D eigenvalue weighted by atomic mass is 16.4. The molecule has 0 saturated heterocycles. The number of aromatic nitrogens is 1. The molecule has 5 nitrogen and oxygen atoms in total. The fourth-order valence-corrected chi connectivity index (χ4v) is 2.53. The molecule has 2 aromatic carbocycles. The van der Waals surface area contributed by atoms with Crippen molar-refractivity contribution >= 4 is 11.9 Å². The maximum atomic E-state index is 12.3. The molecule has 5 heteroatoms. The second-order valence-corrected chi connectivity index (χ2v) is 6.11. The van der Waals surface area contributed by atoms with Crippen molar-refractivity contribution in [2.24, 2.45) is 0 Å². The Bertz CT molecular complexity index is 1030. The lowest BCUT2D eigenvalue weighted by Gasteiger charge is -2.06. The lowest BCUT2D eigenvalue weighted by Crippen LogP contribution is -2.23. The van der Waals surface area contributed by atoms with Gasteiger partial charge in [-0.05, 0) is 29.3 Å². The van der Waals surface area contributed by atoms with Crippen LogP contribution in [0.1, 0.15) is 37.4 Å². The Hall–Kier alpha value is -3.91. The van der Waals surface area contributed by atoms with Crippen molar-refractivity contribution in [1.82, 2.24) is 10.3 Å². The largest absolute Gasteiger partial charge is 0.478 e. The molecule has 2 N–H and O–H groups in total. The number of nitrogens with one attached hydrogen (secondary N) is 1. The molecule has 1 amide bonds. The van der Waals surface area contributed by atoms with Gasteiger partial charge in [0.15, 0.2) is 0 Å². The zero-order chi connectivity index (χ0) is 19.8. The first kappa shape index (κ1) is 18.9. The van der Waals surface area contributed by atoms with Crippen LogP contribution in [0.25, 0.3) is 0 Å². The van der Waals surface area contributed by atoms with Gasteiger partial charge in [-0.15, -0.1) is 0 Å². The van der Waals surface area contributed by atoms with Crippen molar-refractivity contribution in [1.29, 1.82) is 0 Å². The summed E-state index contributed by atoms with van der Waals surface area (Å²) in [5.41, 5.74) is 3.25.